The molecule has 0 aliphatic heterocycles. The molecule has 0 radical (unpaired) electrons. The summed E-state index contributed by atoms with van der Waals surface area (Å²) in [6.45, 7) is 0.438. The van der Waals surface area contributed by atoms with E-state index in [1.54, 1.807) is 37.5 Å². The Labute approximate surface area is 189 Å². The fourth-order valence-electron chi connectivity index (χ4n) is 6.30. The average molecular weight is 434 g/mol. The van der Waals surface area contributed by atoms with Crippen molar-refractivity contribution in [2.24, 2.45) is 23.7 Å². The van der Waals surface area contributed by atoms with Gasteiger partial charge in [-0.05, 0) is 79.5 Å². The number of carbonyl (C=O) groups excluding carboxylic acids is 2. The summed E-state index contributed by atoms with van der Waals surface area (Å²) < 4.78 is 0. The predicted molar refractivity (Wildman–Crippen MR) is 122 cm³/mol. The van der Waals surface area contributed by atoms with Crippen molar-refractivity contribution in [2.75, 3.05) is 19.0 Å². The van der Waals surface area contributed by atoms with Gasteiger partial charge in [0.25, 0.3) is 5.91 Å². The van der Waals surface area contributed by atoms with E-state index in [1.807, 2.05) is 24.3 Å². The lowest BCUT2D eigenvalue weighted by atomic mass is 9.54. The van der Waals surface area contributed by atoms with Crippen molar-refractivity contribution in [1.29, 1.82) is 0 Å². The van der Waals surface area contributed by atoms with Crippen molar-refractivity contribution in [3.05, 3.63) is 53.9 Å². The molecule has 2 aromatic rings. The highest BCUT2D eigenvalue weighted by atomic mass is 16.2. The first kappa shape index (κ1) is 20.9. The van der Waals surface area contributed by atoms with Crippen LogP contribution in [0.1, 0.15) is 48.0 Å². The van der Waals surface area contributed by atoms with Crippen molar-refractivity contribution < 1.29 is 9.59 Å². The SMILES string of the molecule is CN(Cc1ccc(C(=O)NC2C3CC4CC(C3)CC2C4)cc1)C(=O)N(C)c1ncccn1. The highest BCUT2D eigenvalue weighted by Crippen LogP contribution is 2.53. The van der Waals surface area contributed by atoms with Crippen LogP contribution in [0.15, 0.2) is 42.7 Å². The summed E-state index contributed by atoms with van der Waals surface area (Å²) in [7, 11) is 3.40. The highest BCUT2D eigenvalue weighted by molar-refractivity contribution is 5.94. The summed E-state index contributed by atoms with van der Waals surface area (Å²) in [4.78, 5) is 36.9. The maximum atomic E-state index is 12.9. The lowest BCUT2D eigenvalue weighted by Crippen LogP contribution is -2.55. The number of nitrogens with one attached hydrogen (secondary N) is 1. The molecule has 32 heavy (non-hydrogen) atoms. The largest absolute Gasteiger partial charge is 0.349 e. The summed E-state index contributed by atoms with van der Waals surface area (Å²) in [6, 6.07) is 9.44. The molecule has 4 aliphatic carbocycles. The van der Waals surface area contributed by atoms with Crippen LogP contribution in [0.3, 0.4) is 0 Å². The number of anilines is 1. The predicted octanol–water partition coefficient (Wildman–Crippen LogP) is 3.72. The van der Waals surface area contributed by atoms with Crippen molar-refractivity contribution in [1.82, 2.24) is 20.2 Å². The topological polar surface area (TPSA) is 78.4 Å². The van der Waals surface area contributed by atoms with E-state index < -0.39 is 0 Å². The number of aromatic nitrogens is 2. The summed E-state index contributed by atoms with van der Waals surface area (Å²) in [5, 5.41) is 3.37. The van der Waals surface area contributed by atoms with Crippen LogP contribution in [0.25, 0.3) is 0 Å². The number of hydrogen-bond acceptors (Lipinski definition) is 4. The van der Waals surface area contributed by atoms with Gasteiger partial charge in [-0.25, -0.2) is 14.8 Å². The molecule has 4 fully saturated rings. The van der Waals surface area contributed by atoms with Crippen molar-refractivity contribution in [3.8, 4) is 0 Å². The lowest BCUT2D eigenvalue weighted by molar-refractivity contribution is -0.0119. The van der Waals surface area contributed by atoms with Crippen molar-refractivity contribution in [2.45, 2.75) is 44.7 Å². The van der Waals surface area contributed by atoms with Gasteiger partial charge in [-0.1, -0.05) is 12.1 Å². The third kappa shape index (κ3) is 4.08. The number of benzene rings is 1. The third-order valence-electron chi connectivity index (χ3n) is 7.63. The first-order valence-corrected chi connectivity index (χ1v) is 11.6. The van der Waals surface area contributed by atoms with E-state index in [-0.39, 0.29) is 11.9 Å². The van der Waals surface area contributed by atoms with E-state index in [4.69, 9.17) is 0 Å². The van der Waals surface area contributed by atoms with Crippen LogP contribution in [0, 0.1) is 23.7 Å². The maximum absolute atomic E-state index is 12.9. The van der Waals surface area contributed by atoms with Crippen LogP contribution in [0.5, 0.6) is 0 Å². The highest BCUT2D eigenvalue weighted by Gasteiger charge is 2.48. The van der Waals surface area contributed by atoms with Gasteiger partial charge in [-0.15, -0.1) is 0 Å². The second-order valence-electron chi connectivity index (χ2n) is 9.87. The Bertz CT molecular complexity index is 950. The molecule has 0 saturated heterocycles. The minimum Gasteiger partial charge on any atom is -0.349 e. The molecule has 4 saturated carbocycles. The number of carbonyl (C=O) groups is 2. The molecule has 1 N–H and O–H groups in total. The minimum absolute atomic E-state index is 0.0272. The smallest absolute Gasteiger partial charge is 0.326 e. The van der Waals surface area contributed by atoms with E-state index >= 15 is 0 Å². The molecule has 0 spiro atoms. The second-order valence-corrected chi connectivity index (χ2v) is 9.87. The molecule has 4 bridgehead atoms. The first-order chi connectivity index (χ1) is 15.5. The molecular weight excluding hydrogens is 402 g/mol. The number of nitrogens with zero attached hydrogens (tertiary/aromatic N) is 4. The molecule has 1 aromatic carbocycles. The molecule has 6 rings (SSSR count). The van der Waals surface area contributed by atoms with E-state index in [0.717, 1.165) is 17.4 Å². The average Bonchev–Trinajstić information content (AvgIpc) is 2.81. The Morgan fingerprint density at radius 1 is 0.938 bits per heavy atom. The third-order valence-corrected chi connectivity index (χ3v) is 7.63. The van der Waals surface area contributed by atoms with Crippen molar-refractivity contribution >= 4 is 17.9 Å². The van der Waals surface area contributed by atoms with Crippen LogP contribution < -0.4 is 10.2 Å². The molecule has 168 valence electrons. The van der Waals surface area contributed by atoms with Gasteiger partial charge in [0.15, 0.2) is 0 Å². The molecule has 0 unspecified atom stereocenters. The molecule has 3 amide bonds. The number of urea groups is 1. The zero-order valence-corrected chi connectivity index (χ0v) is 18.8. The van der Waals surface area contributed by atoms with Crippen LogP contribution >= 0.6 is 0 Å². The van der Waals surface area contributed by atoms with Gasteiger partial charge in [0.05, 0.1) is 0 Å². The first-order valence-electron chi connectivity index (χ1n) is 11.6. The molecule has 4 aliphatic rings. The van der Waals surface area contributed by atoms with Gasteiger partial charge in [-0.2, -0.15) is 0 Å². The van der Waals surface area contributed by atoms with E-state index in [0.29, 0.717) is 35.9 Å². The fourth-order valence-corrected chi connectivity index (χ4v) is 6.30. The van der Waals surface area contributed by atoms with Crippen LogP contribution in [0.2, 0.25) is 0 Å². The number of rotatable bonds is 5. The Morgan fingerprint density at radius 3 is 2.12 bits per heavy atom. The van der Waals surface area contributed by atoms with Gasteiger partial charge in [0.1, 0.15) is 0 Å². The van der Waals surface area contributed by atoms with E-state index in [1.165, 1.54) is 37.0 Å². The van der Waals surface area contributed by atoms with Crippen LogP contribution in [-0.4, -0.2) is 46.9 Å². The molecule has 1 aromatic heterocycles. The Kier molecular flexibility index (Phi) is 5.57. The summed E-state index contributed by atoms with van der Waals surface area (Å²) in [5.41, 5.74) is 1.65. The van der Waals surface area contributed by atoms with Crippen LogP contribution in [0.4, 0.5) is 10.7 Å². The fraction of sp³-hybridized carbons (Fsp3) is 0.520. The Morgan fingerprint density at radius 2 is 1.53 bits per heavy atom. The van der Waals surface area contributed by atoms with Crippen molar-refractivity contribution in [3.63, 3.8) is 0 Å². The zero-order chi connectivity index (χ0) is 22.2. The maximum Gasteiger partial charge on any atom is 0.326 e. The molecule has 7 heteroatoms. The molecule has 1 heterocycles. The standard InChI is InChI=1S/C25H31N5O2/c1-29(25(32)30(2)24-26-8-3-9-27-24)15-16-4-6-19(7-5-16)23(31)28-22-20-11-17-10-18(13-20)14-21(22)12-17/h3-9,17-18,20-22H,10-15H2,1-2H3,(H,28,31). The Balaban J connectivity index is 1.18. The molecular formula is C25H31N5O2. The summed E-state index contributed by atoms with van der Waals surface area (Å²) >= 11 is 0. The minimum atomic E-state index is -0.195. The normalized spacial score (nSPS) is 27.8. The quantitative estimate of drug-likeness (QED) is 0.780. The summed E-state index contributed by atoms with van der Waals surface area (Å²) in [6.07, 6.45) is 9.80. The van der Waals surface area contributed by atoms with Crippen LogP contribution in [-0.2, 0) is 6.54 Å². The monoisotopic (exact) mass is 433 g/mol. The van der Waals surface area contributed by atoms with E-state index in [9.17, 15) is 9.59 Å². The van der Waals surface area contributed by atoms with Gasteiger partial charge >= 0.3 is 6.03 Å². The number of hydrogen-bond donors (Lipinski definition) is 1. The second kappa shape index (κ2) is 8.52. The lowest BCUT2D eigenvalue weighted by Gasteiger charge is -2.54. The van der Waals surface area contributed by atoms with Gasteiger partial charge < -0.3 is 10.2 Å². The van der Waals surface area contributed by atoms with Gasteiger partial charge in [-0.3, -0.25) is 9.69 Å². The number of amides is 3. The zero-order valence-electron chi connectivity index (χ0n) is 18.8. The van der Waals surface area contributed by atoms with Gasteiger partial charge in [0.2, 0.25) is 5.95 Å². The Hall–Kier alpha value is -2.96. The van der Waals surface area contributed by atoms with E-state index in [2.05, 4.69) is 15.3 Å². The molecule has 0 atom stereocenters. The summed E-state index contributed by atoms with van der Waals surface area (Å²) in [5.74, 6) is 3.52. The molecule has 7 nitrogen and oxygen atoms in total. The van der Waals surface area contributed by atoms with Gasteiger partial charge in [0, 0.05) is 44.6 Å².